The van der Waals surface area contributed by atoms with Gasteiger partial charge in [0.15, 0.2) is 5.79 Å². The molecular weight excluding hydrogens is 598 g/mol. The molecule has 1 aliphatic carbocycles. The molecule has 0 aromatic carbocycles. The van der Waals surface area contributed by atoms with Crippen LogP contribution in [0.1, 0.15) is 87.0 Å². The Balaban J connectivity index is 1.55. The highest BCUT2D eigenvalue weighted by molar-refractivity contribution is 5.88. The Kier molecular flexibility index (Phi) is 11.0. The number of rotatable bonds is 4. The molecule has 0 aromatic rings. The molecule has 5 rings (SSSR count). The quantitative estimate of drug-likeness (QED) is 0.212. The summed E-state index contributed by atoms with van der Waals surface area (Å²) in [5.41, 5.74) is 2.57. The van der Waals surface area contributed by atoms with Gasteiger partial charge in [0.1, 0.15) is 36.9 Å². The summed E-state index contributed by atoms with van der Waals surface area (Å²) in [5, 5.41) is 27.6. The van der Waals surface area contributed by atoms with Crippen LogP contribution in [-0.2, 0) is 28.6 Å². The van der Waals surface area contributed by atoms with Crippen molar-refractivity contribution < 1.29 is 38.8 Å². The van der Waals surface area contributed by atoms with E-state index in [0.29, 0.717) is 42.7 Å². The summed E-state index contributed by atoms with van der Waals surface area (Å²) in [5.74, 6) is -2.10. The molecule has 2 N–H and O–H groups in total. The van der Waals surface area contributed by atoms with E-state index in [1.807, 2.05) is 12.2 Å². The SMILES string of the molecule is CCC(C)/C=C(\C)[C@H]1O[C@]2(C/C(=N\OC)[C@@H]1C)C[C@@H]1C[C@@H](C/C=C(\C)C[C@@H](C)/C=C/C=C3\CO[C@@H]4[C@H](O)C(C)=C[C@@H](C(=O)O1)[C@]34O)O2. The van der Waals surface area contributed by atoms with Gasteiger partial charge in [0.2, 0.25) is 0 Å². The van der Waals surface area contributed by atoms with Gasteiger partial charge in [-0.3, -0.25) is 4.79 Å². The standard InChI is InChI=1S/C38H55NO8/c1-9-22(2)16-26(6)34-27(7)32(39-43-8)20-37(47-34)19-30-18-29(46-37)14-13-24(4)15-23(3)11-10-12-28-21-44-35-33(40)25(5)17-31(36(41)45-30)38(28,35)42/h10-13,16-17,22-23,27,29-31,33-35,40,42H,9,14-15,18-21H2,1-8H3/b11-10+,24-13+,26-16+,28-12+,39-32+/t22?,23-,27-,29+,30-,31-,33+,34+,35+,37-,38+/m0/s1. The van der Waals surface area contributed by atoms with Crippen molar-refractivity contribution in [2.75, 3.05) is 13.7 Å². The fourth-order valence-corrected chi connectivity index (χ4v) is 7.98. The van der Waals surface area contributed by atoms with Gasteiger partial charge in [-0.2, -0.15) is 0 Å². The van der Waals surface area contributed by atoms with Gasteiger partial charge in [-0.25, -0.2) is 0 Å². The number of aliphatic hydroxyl groups is 2. The van der Waals surface area contributed by atoms with E-state index in [-0.39, 0.29) is 30.7 Å². The van der Waals surface area contributed by atoms with Crippen molar-refractivity contribution >= 4 is 11.7 Å². The van der Waals surface area contributed by atoms with Gasteiger partial charge in [-0.1, -0.05) is 81.3 Å². The summed E-state index contributed by atoms with van der Waals surface area (Å²) in [4.78, 5) is 19.5. The number of aliphatic hydroxyl groups excluding tert-OH is 1. The number of hydrogen-bond acceptors (Lipinski definition) is 9. The average molecular weight is 654 g/mol. The third-order valence-corrected chi connectivity index (χ3v) is 10.7. The molecule has 260 valence electrons. The summed E-state index contributed by atoms with van der Waals surface area (Å²) < 4.78 is 26.1. The fourth-order valence-electron chi connectivity index (χ4n) is 7.98. The van der Waals surface area contributed by atoms with Crippen molar-refractivity contribution in [3.63, 3.8) is 0 Å². The van der Waals surface area contributed by atoms with Crippen LogP contribution in [0.15, 0.2) is 63.9 Å². The maximum Gasteiger partial charge on any atom is 0.316 e. The summed E-state index contributed by atoms with van der Waals surface area (Å²) in [6, 6.07) is 0. The van der Waals surface area contributed by atoms with E-state index in [2.05, 4.69) is 64.9 Å². The van der Waals surface area contributed by atoms with Gasteiger partial charge >= 0.3 is 5.97 Å². The summed E-state index contributed by atoms with van der Waals surface area (Å²) >= 11 is 0. The Labute approximate surface area is 280 Å². The molecule has 47 heavy (non-hydrogen) atoms. The highest BCUT2D eigenvalue weighted by Crippen LogP contribution is 2.47. The number of ether oxygens (including phenoxy) is 4. The van der Waals surface area contributed by atoms with Gasteiger partial charge < -0.3 is 34.0 Å². The van der Waals surface area contributed by atoms with E-state index in [4.69, 9.17) is 23.8 Å². The highest BCUT2D eigenvalue weighted by Gasteiger charge is 2.60. The maximum absolute atomic E-state index is 14.2. The van der Waals surface area contributed by atoms with Crippen LogP contribution in [-0.4, -0.2) is 77.5 Å². The van der Waals surface area contributed by atoms with Crippen LogP contribution in [0.4, 0.5) is 0 Å². The molecule has 1 spiro atoms. The first-order chi connectivity index (χ1) is 22.3. The number of carbonyl (C=O) groups is 1. The van der Waals surface area contributed by atoms with Gasteiger partial charge in [-0.05, 0) is 62.2 Å². The predicted octanol–water partition coefficient (Wildman–Crippen LogP) is 6.12. The number of hydrogen-bond donors (Lipinski definition) is 2. The van der Waals surface area contributed by atoms with E-state index < -0.39 is 41.6 Å². The molecule has 0 saturated carbocycles. The summed E-state index contributed by atoms with van der Waals surface area (Å²) in [6.07, 6.45) is 12.5. The van der Waals surface area contributed by atoms with E-state index >= 15 is 0 Å². The number of nitrogens with zero attached hydrogens (tertiary/aromatic N) is 1. The third kappa shape index (κ3) is 7.39. The third-order valence-electron chi connectivity index (χ3n) is 10.7. The molecule has 0 amide bonds. The molecule has 2 bridgehead atoms. The number of carbonyl (C=O) groups excluding carboxylic acids is 1. The first-order valence-electron chi connectivity index (χ1n) is 17.4. The average Bonchev–Trinajstić information content (AvgIpc) is 3.35. The van der Waals surface area contributed by atoms with Crippen LogP contribution in [0.5, 0.6) is 0 Å². The molecule has 11 atom stereocenters. The number of oxime groups is 1. The first kappa shape index (κ1) is 35.7. The Morgan fingerprint density at radius 1 is 1.23 bits per heavy atom. The lowest BCUT2D eigenvalue weighted by Crippen LogP contribution is -2.59. The minimum Gasteiger partial charge on any atom is -0.462 e. The lowest BCUT2D eigenvalue weighted by Gasteiger charge is -2.50. The Morgan fingerprint density at radius 3 is 2.72 bits per heavy atom. The molecule has 4 aliphatic heterocycles. The molecule has 0 radical (unpaired) electrons. The van der Waals surface area contributed by atoms with E-state index in [1.54, 1.807) is 20.1 Å². The molecule has 0 aromatic heterocycles. The van der Waals surface area contributed by atoms with Crippen molar-refractivity contribution in [1.29, 1.82) is 0 Å². The smallest absolute Gasteiger partial charge is 0.316 e. The van der Waals surface area contributed by atoms with Gasteiger partial charge in [0.25, 0.3) is 0 Å². The van der Waals surface area contributed by atoms with Crippen LogP contribution < -0.4 is 0 Å². The lowest BCUT2D eigenvalue weighted by atomic mass is 9.71. The molecule has 9 nitrogen and oxygen atoms in total. The Hall–Kier alpha value is -2.56. The van der Waals surface area contributed by atoms with Crippen LogP contribution in [0.3, 0.4) is 0 Å². The van der Waals surface area contributed by atoms with Crippen molar-refractivity contribution in [2.24, 2.45) is 28.8 Å². The van der Waals surface area contributed by atoms with Crippen molar-refractivity contribution in [3.05, 3.63) is 58.7 Å². The first-order valence-corrected chi connectivity index (χ1v) is 17.4. The van der Waals surface area contributed by atoms with Crippen LogP contribution in [0, 0.1) is 23.7 Å². The molecule has 9 heteroatoms. The zero-order chi connectivity index (χ0) is 34.1. The minimum atomic E-state index is -1.74. The number of allylic oxidation sites excluding steroid dienone is 5. The minimum absolute atomic E-state index is 0.0337. The second-order valence-electron chi connectivity index (χ2n) is 14.6. The van der Waals surface area contributed by atoms with Gasteiger partial charge in [-0.15, -0.1) is 0 Å². The number of fused-ring (bicyclic) bond motifs is 2. The van der Waals surface area contributed by atoms with Crippen molar-refractivity contribution in [2.45, 2.75) is 129 Å². The van der Waals surface area contributed by atoms with Crippen molar-refractivity contribution in [1.82, 2.24) is 0 Å². The van der Waals surface area contributed by atoms with Crippen LogP contribution in [0.25, 0.3) is 0 Å². The largest absolute Gasteiger partial charge is 0.462 e. The Morgan fingerprint density at radius 2 is 2.00 bits per heavy atom. The highest BCUT2D eigenvalue weighted by atomic mass is 16.7. The van der Waals surface area contributed by atoms with E-state index in [1.165, 1.54) is 5.57 Å². The number of esters is 1. The van der Waals surface area contributed by atoms with Crippen LogP contribution >= 0.6 is 0 Å². The van der Waals surface area contributed by atoms with Gasteiger partial charge in [0, 0.05) is 25.2 Å². The topological polar surface area (TPSA) is 116 Å². The fraction of sp³-hybridized carbons (Fsp3) is 0.684. The van der Waals surface area contributed by atoms with Crippen LogP contribution in [0.2, 0.25) is 0 Å². The molecule has 5 aliphatic rings. The summed E-state index contributed by atoms with van der Waals surface area (Å²) in [6.45, 7) is 14.7. The zero-order valence-corrected chi connectivity index (χ0v) is 29.4. The molecule has 4 heterocycles. The summed E-state index contributed by atoms with van der Waals surface area (Å²) in [7, 11) is 1.55. The second-order valence-corrected chi connectivity index (χ2v) is 14.6. The predicted molar refractivity (Wildman–Crippen MR) is 180 cm³/mol. The molecule has 3 fully saturated rings. The van der Waals surface area contributed by atoms with Gasteiger partial charge in [0.05, 0.1) is 24.5 Å². The van der Waals surface area contributed by atoms with Crippen molar-refractivity contribution in [3.8, 4) is 0 Å². The van der Waals surface area contributed by atoms with E-state index in [0.717, 1.165) is 24.1 Å². The second kappa shape index (κ2) is 14.5. The Bertz CT molecular complexity index is 1360. The molecule has 3 saturated heterocycles. The maximum atomic E-state index is 14.2. The normalized spacial score (nSPS) is 44.4. The zero-order valence-electron chi connectivity index (χ0n) is 29.4. The molecular formula is C38H55NO8. The lowest BCUT2D eigenvalue weighted by molar-refractivity contribution is -0.313. The van der Waals surface area contributed by atoms with E-state index in [9.17, 15) is 15.0 Å². The monoisotopic (exact) mass is 653 g/mol. The molecule has 1 unspecified atom stereocenters.